The molecule has 0 aliphatic heterocycles. The van der Waals surface area contributed by atoms with Crippen LogP contribution in [0.25, 0.3) is 0 Å². The van der Waals surface area contributed by atoms with Crippen LogP contribution in [0.3, 0.4) is 0 Å². The van der Waals surface area contributed by atoms with Crippen LogP contribution in [0.1, 0.15) is 29.6 Å². The lowest BCUT2D eigenvalue weighted by Crippen LogP contribution is -2.38. The predicted octanol–water partition coefficient (Wildman–Crippen LogP) is 4.07. The zero-order valence-electron chi connectivity index (χ0n) is 10.1. The summed E-state index contributed by atoms with van der Waals surface area (Å²) in [6.07, 6.45) is 5.64. The molecule has 0 aromatic heterocycles. The number of nitrogens with one attached hydrogen (secondary N) is 1. The summed E-state index contributed by atoms with van der Waals surface area (Å²) < 4.78 is 1.94. The number of amides is 1. The van der Waals surface area contributed by atoms with Gasteiger partial charge in [-0.1, -0.05) is 6.42 Å². The van der Waals surface area contributed by atoms with Crippen LogP contribution < -0.4 is 5.32 Å². The van der Waals surface area contributed by atoms with Gasteiger partial charge in [-0.3, -0.25) is 4.79 Å². The Kier molecular flexibility index (Phi) is 5.38. The van der Waals surface area contributed by atoms with Crippen LogP contribution in [0.4, 0.5) is 0 Å². The highest BCUT2D eigenvalue weighted by Crippen LogP contribution is 2.29. The average molecular weight is 440 g/mol. The number of benzene rings is 1. The fraction of sp³-hybridized carbons (Fsp3) is 0.462. The van der Waals surface area contributed by atoms with Gasteiger partial charge in [0.25, 0.3) is 5.91 Å². The van der Waals surface area contributed by atoms with Gasteiger partial charge in [0.2, 0.25) is 0 Å². The van der Waals surface area contributed by atoms with Crippen molar-refractivity contribution in [2.75, 3.05) is 6.26 Å². The Morgan fingerprint density at radius 1 is 1.50 bits per heavy atom. The number of carbonyl (C=O) groups excluding carboxylic acids is 1. The summed E-state index contributed by atoms with van der Waals surface area (Å²) in [4.78, 5) is 12.3. The Hall–Kier alpha value is 0.250. The highest BCUT2D eigenvalue weighted by Gasteiger charge is 2.28. The largest absolute Gasteiger partial charge is 0.348 e. The minimum absolute atomic E-state index is 0.0336. The Morgan fingerprint density at radius 2 is 2.28 bits per heavy atom. The molecule has 0 radical (unpaired) electrons. The van der Waals surface area contributed by atoms with Gasteiger partial charge in [0.1, 0.15) is 0 Å². The standard InChI is InChI=1S/C13H15BrINOS/c1-18-12-4-2-3-11(12)16-13(17)9-7-8(15)5-6-10(9)14/h5-7,11-12H,2-4H2,1H3,(H,16,17). The lowest BCUT2D eigenvalue weighted by molar-refractivity contribution is 0.0938. The van der Waals surface area contributed by atoms with Crippen LogP contribution in [0.5, 0.6) is 0 Å². The number of hydrogen-bond acceptors (Lipinski definition) is 2. The van der Waals surface area contributed by atoms with E-state index in [1.54, 1.807) is 0 Å². The van der Waals surface area contributed by atoms with Gasteiger partial charge in [0, 0.05) is 19.3 Å². The van der Waals surface area contributed by atoms with Gasteiger partial charge in [-0.15, -0.1) is 0 Å². The van der Waals surface area contributed by atoms with E-state index in [1.165, 1.54) is 12.8 Å². The molecule has 0 spiro atoms. The van der Waals surface area contributed by atoms with E-state index < -0.39 is 0 Å². The third-order valence-electron chi connectivity index (χ3n) is 3.24. The molecular weight excluding hydrogens is 425 g/mol. The number of thioether (sulfide) groups is 1. The van der Waals surface area contributed by atoms with Gasteiger partial charge < -0.3 is 5.32 Å². The molecule has 0 bridgehead atoms. The van der Waals surface area contributed by atoms with E-state index in [0.29, 0.717) is 11.3 Å². The van der Waals surface area contributed by atoms with Gasteiger partial charge in [-0.2, -0.15) is 11.8 Å². The van der Waals surface area contributed by atoms with Crippen molar-refractivity contribution in [3.8, 4) is 0 Å². The van der Waals surface area contributed by atoms with Crippen molar-refractivity contribution >= 4 is 56.2 Å². The summed E-state index contributed by atoms with van der Waals surface area (Å²) >= 11 is 7.53. The maximum atomic E-state index is 12.3. The topological polar surface area (TPSA) is 29.1 Å². The normalized spacial score (nSPS) is 23.1. The molecule has 2 atom stereocenters. The number of rotatable bonds is 3. The van der Waals surface area contributed by atoms with Crippen molar-refractivity contribution in [2.24, 2.45) is 0 Å². The van der Waals surface area contributed by atoms with Crippen molar-refractivity contribution < 1.29 is 4.79 Å². The van der Waals surface area contributed by atoms with Gasteiger partial charge in [-0.05, 0) is 75.8 Å². The molecule has 0 heterocycles. The summed E-state index contributed by atoms with van der Waals surface area (Å²) in [5.41, 5.74) is 0.730. The highest BCUT2D eigenvalue weighted by molar-refractivity contribution is 14.1. The second-order valence-corrected chi connectivity index (χ2v) is 7.59. The molecule has 98 valence electrons. The maximum Gasteiger partial charge on any atom is 0.252 e. The third kappa shape index (κ3) is 3.42. The Morgan fingerprint density at radius 3 is 3.00 bits per heavy atom. The van der Waals surface area contributed by atoms with Crippen molar-refractivity contribution in [2.45, 2.75) is 30.6 Å². The molecule has 2 unspecified atom stereocenters. The van der Waals surface area contributed by atoms with Crippen molar-refractivity contribution in [3.63, 3.8) is 0 Å². The van der Waals surface area contributed by atoms with E-state index in [-0.39, 0.29) is 5.91 Å². The molecule has 1 N–H and O–H groups in total. The first-order chi connectivity index (χ1) is 8.61. The molecule has 1 aliphatic carbocycles. The molecule has 1 saturated carbocycles. The summed E-state index contributed by atoms with van der Waals surface area (Å²) in [5.74, 6) is 0.0336. The minimum Gasteiger partial charge on any atom is -0.348 e. The molecule has 2 rings (SSSR count). The third-order valence-corrected chi connectivity index (χ3v) is 5.78. The van der Waals surface area contributed by atoms with Gasteiger partial charge >= 0.3 is 0 Å². The van der Waals surface area contributed by atoms with Crippen LogP contribution in [0.15, 0.2) is 22.7 Å². The van der Waals surface area contributed by atoms with Gasteiger partial charge in [0.15, 0.2) is 0 Å². The summed E-state index contributed by atoms with van der Waals surface area (Å²) in [6, 6.07) is 6.15. The molecule has 1 aromatic rings. The quantitative estimate of drug-likeness (QED) is 0.719. The Balaban J connectivity index is 2.09. The Labute approximate surface area is 134 Å². The zero-order valence-corrected chi connectivity index (χ0v) is 14.6. The van der Waals surface area contributed by atoms with Gasteiger partial charge in [-0.25, -0.2) is 0 Å². The highest BCUT2D eigenvalue weighted by atomic mass is 127. The van der Waals surface area contributed by atoms with E-state index >= 15 is 0 Å². The fourth-order valence-corrected chi connectivity index (χ4v) is 4.14. The molecule has 1 aromatic carbocycles. The first-order valence-corrected chi connectivity index (χ1v) is 9.06. The summed E-state index contributed by atoms with van der Waals surface area (Å²) in [5, 5.41) is 3.74. The van der Waals surface area contributed by atoms with Crippen LogP contribution in [0.2, 0.25) is 0 Å². The van der Waals surface area contributed by atoms with Crippen molar-refractivity contribution in [1.29, 1.82) is 0 Å². The van der Waals surface area contributed by atoms with Gasteiger partial charge in [0.05, 0.1) is 5.56 Å². The average Bonchev–Trinajstić information content (AvgIpc) is 2.79. The fourth-order valence-electron chi connectivity index (χ4n) is 2.29. The number of halogens is 2. The van der Waals surface area contributed by atoms with E-state index in [1.807, 2.05) is 30.0 Å². The Bertz CT molecular complexity index is 455. The van der Waals surface area contributed by atoms with E-state index in [4.69, 9.17) is 0 Å². The second kappa shape index (κ2) is 6.61. The SMILES string of the molecule is CSC1CCCC1NC(=O)c1cc(I)ccc1Br. The van der Waals surface area contributed by atoms with E-state index in [9.17, 15) is 4.79 Å². The number of hydrogen-bond donors (Lipinski definition) is 1. The zero-order chi connectivity index (χ0) is 13.1. The first kappa shape index (κ1) is 14.7. The molecule has 18 heavy (non-hydrogen) atoms. The van der Waals surface area contributed by atoms with Crippen LogP contribution >= 0.6 is 50.3 Å². The molecular formula is C13H15BrINOS. The van der Waals surface area contributed by atoms with E-state index in [0.717, 1.165) is 20.0 Å². The van der Waals surface area contributed by atoms with Crippen LogP contribution in [-0.2, 0) is 0 Å². The second-order valence-electron chi connectivity index (χ2n) is 4.41. The van der Waals surface area contributed by atoms with E-state index in [2.05, 4.69) is 50.1 Å². The monoisotopic (exact) mass is 439 g/mol. The summed E-state index contributed by atoms with van der Waals surface area (Å²) in [7, 11) is 0. The smallest absolute Gasteiger partial charge is 0.252 e. The van der Waals surface area contributed by atoms with Crippen LogP contribution in [-0.4, -0.2) is 23.5 Å². The number of carbonyl (C=O) groups is 1. The first-order valence-electron chi connectivity index (χ1n) is 5.90. The molecule has 1 aliphatic rings. The van der Waals surface area contributed by atoms with Crippen molar-refractivity contribution in [1.82, 2.24) is 5.32 Å². The predicted molar refractivity (Wildman–Crippen MR) is 89.3 cm³/mol. The summed E-state index contributed by atoms with van der Waals surface area (Å²) in [6.45, 7) is 0. The molecule has 1 amide bonds. The van der Waals surface area contributed by atoms with Crippen molar-refractivity contribution in [3.05, 3.63) is 31.8 Å². The molecule has 0 saturated heterocycles. The lowest BCUT2D eigenvalue weighted by Gasteiger charge is -2.19. The molecule has 5 heteroatoms. The minimum atomic E-state index is 0.0336. The molecule has 1 fully saturated rings. The van der Waals surface area contributed by atoms with Crippen LogP contribution in [0, 0.1) is 3.57 Å². The lowest BCUT2D eigenvalue weighted by atomic mass is 10.2. The molecule has 2 nitrogen and oxygen atoms in total. The maximum absolute atomic E-state index is 12.3.